The smallest absolute Gasteiger partial charge is 0.326 e. The van der Waals surface area contributed by atoms with Crippen LogP contribution in [0.2, 0.25) is 5.02 Å². The fourth-order valence-electron chi connectivity index (χ4n) is 4.47. The average molecular weight is 523 g/mol. The van der Waals surface area contributed by atoms with E-state index in [1.807, 2.05) is 24.3 Å². The molecule has 3 fully saturated rings. The zero-order valence-electron chi connectivity index (χ0n) is 20.1. The minimum atomic E-state index is -0.559. The van der Waals surface area contributed by atoms with E-state index >= 15 is 0 Å². The van der Waals surface area contributed by atoms with Gasteiger partial charge in [0.2, 0.25) is 0 Å². The molecule has 3 aromatic rings. The van der Waals surface area contributed by atoms with Crippen molar-refractivity contribution in [3.63, 3.8) is 0 Å². The molecule has 1 saturated carbocycles. The van der Waals surface area contributed by atoms with Crippen LogP contribution in [0, 0.1) is 0 Å². The van der Waals surface area contributed by atoms with Crippen molar-refractivity contribution in [2.45, 2.75) is 31.7 Å². The van der Waals surface area contributed by atoms with Crippen LogP contribution in [0.5, 0.6) is 5.75 Å². The molecule has 12 heteroatoms. The van der Waals surface area contributed by atoms with E-state index in [4.69, 9.17) is 21.3 Å². The van der Waals surface area contributed by atoms with Crippen LogP contribution in [0.15, 0.2) is 36.2 Å². The van der Waals surface area contributed by atoms with Crippen LogP contribution in [0.3, 0.4) is 0 Å². The largest absolute Gasteiger partial charge is 0.491 e. The zero-order chi connectivity index (χ0) is 25.4. The Morgan fingerprint density at radius 2 is 2.03 bits per heavy atom. The van der Waals surface area contributed by atoms with Gasteiger partial charge in [-0.25, -0.2) is 9.78 Å². The Bertz CT molecular complexity index is 1390. The van der Waals surface area contributed by atoms with E-state index in [1.165, 1.54) is 12.8 Å². The van der Waals surface area contributed by atoms with Crippen LogP contribution < -0.4 is 26.0 Å². The SMILES string of the molecule is O=C1NC(=O)/C(=C/c2cnn3c(NC4CC4)cc(Nc4cccc(OCCN5CCCC5)c4Cl)nc23)N1. The second kappa shape index (κ2) is 9.91. The molecule has 0 bridgehead atoms. The molecule has 0 atom stereocenters. The topological polar surface area (TPSA) is 125 Å². The van der Waals surface area contributed by atoms with E-state index in [0.29, 0.717) is 46.1 Å². The zero-order valence-corrected chi connectivity index (χ0v) is 20.8. The number of urea groups is 1. The van der Waals surface area contributed by atoms with Crippen LogP contribution in [0.1, 0.15) is 31.2 Å². The summed E-state index contributed by atoms with van der Waals surface area (Å²) < 4.78 is 7.68. The number of hydrogen-bond acceptors (Lipinski definition) is 8. The van der Waals surface area contributed by atoms with E-state index in [-0.39, 0.29) is 5.70 Å². The van der Waals surface area contributed by atoms with Crippen molar-refractivity contribution >= 4 is 52.6 Å². The highest BCUT2D eigenvalue weighted by Crippen LogP contribution is 2.35. The monoisotopic (exact) mass is 522 g/mol. The van der Waals surface area contributed by atoms with E-state index in [2.05, 4.69) is 31.3 Å². The van der Waals surface area contributed by atoms with Gasteiger partial charge >= 0.3 is 6.03 Å². The van der Waals surface area contributed by atoms with Crippen molar-refractivity contribution in [1.82, 2.24) is 30.1 Å². The van der Waals surface area contributed by atoms with Gasteiger partial charge in [0, 0.05) is 24.2 Å². The number of halogens is 1. The number of fused-ring (bicyclic) bond motifs is 1. The minimum Gasteiger partial charge on any atom is -0.491 e. The number of rotatable bonds is 9. The molecular weight excluding hydrogens is 496 g/mol. The lowest BCUT2D eigenvalue weighted by atomic mass is 10.2. The number of hydrogen-bond donors (Lipinski definition) is 4. The lowest BCUT2D eigenvalue weighted by molar-refractivity contribution is -0.115. The number of anilines is 3. The first-order valence-electron chi connectivity index (χ1n) is 12.4. The molecule has 2 aromatic heterocycles. The number of nitrogens with one attached hydrogen (secondary N) is 4. The molecule has 0 spiro atoms. The van der Waals surface area contributed by atoms with Gasteiger partial charge in [0.1, 0.15) is 34.7 Å². The van der Waals surface area contributed by atoms with Crippen LogP contribution in [-0.2, 0) is 4.79 Å². The number of imide groups is 1. The summed E-state index contributed by atoms with van der Waals surface area (Å²) in [5.41, 5.74) is 1.90. The fourth-order valence-corrected chi connectivity index (χ4v) is 4.70. The molecule has 1 aliphatic carbocycles. The van der Waals surface area contributed by atoms with Gasteiger partial charge < -0.3 is 20.7 Å². The molecule has 11 nitrogen and oxygen atoms in total. The second-order valence-corrected chi connectivity index (χ2v) is 9.76. The summed E-state index contributed by atoms with van der Waals surface area (Å²) in [5, 5.41) is 16.4. The number of aromatic nitrogens is 3. The molecule has 2 aliphatic heterocycles. The maximum atomic E-state index is 12.0. The van der Waals surface area contributed by atoms with Crippen molar-refractivity contribution < 1.29 is 14.3 Å². The first-order chi connectivity index (χ1) is 18.0. The highest BCUT2D eigenvalue weighted by Gasteiger charge is 2.25. The summed E-state index contributed by atoms with van der Waals surface area (Å²) in [4.78, 5) is 30.7. The summed E-state index contributed by atoms with van der Waals surface area (Å²) in [6, 6.07) is 7.30. The number of benzene rings is 1. The first-order valence-corrected chi connectivity index (χ1v) is 12.8. The van der Waals surface area contributed by atoms with E-state index in [1.54, 1.807) is 16.8 Å². The fraction of sp³-hybridized carbons (Fsp3) is 0.360. The van der Waals surface area contributed by atoms with Crippen LogP contribution in [0.25, 0.3) is 11.7 Å². The first kappa shape index (κ1) is 23.6. The Morgan fingerprint density at radius 3 is 2.78 bits per heavy atom. The summed E-state index contributed by atoms with van der Waals surface area (Å²) >= 11 is 6.70. The van der Waals surface area contributed by atoms with Gasteiger partial charge in [-0.1, -0.05) is 17.7 Å². The molecule has 2 saturated heterocycles. The molecule has 3 aliphatic rings. The highest BCUT2D eigenvalue weighted by molar-refractivity contribution is 6.34. The Morgan fingerprint density at radius 1 is 1.19 bits per heavy atom. The van der Waals surface area contributed by atoms with Crippen molar-refractivity contribution in [3.8, 4) is 5.75 Å². The van der Waals surface area contributed by atoms with Crippen LogP contribution in [0.4, 0.5) is 22.1 Å². The minimum absolute atomic E-state index is 0.138. The van der Waals surface area contributed by atoms with E-state index in [9.17, 15) is 9.59 Å². The predicted molar refractivity (Wildman–Crippen MR) is 140 cm³/mol. The van der Waals surface area contributed by atoms with Crippen molar-refractivity contribution in [1.29, 1.82) is 0 Å². The van der Waals surface area contributed by atoms with Gasteiger partial charge in [-0.2, -0.15) is 9.61 Å². The van der Waals surface area contributed by atoms with Crippen molar-refractivity contribution in [3.05, 3.63) is 46.7 Å². The molecule has 4 N–H and O–H groups in total. The Hall–Kier alpha value is -3.83. The van der Waals surface area contributed by atoms with Crippen LogP contribution >= 0.6 is 11.6 Å². The number of carbonyl (C=O) groups excluding carboxylic acids is 2. The van der Waals surface area contributed by atoms with Crippen molar-refractivity contribution in [2.24, 2.45) is 0 Å². The quantitative estimate of drug-likeness (QED) is 0.249. The summed E-state index contributed by atoms with van der Waals surface area (Å²) in [5.74, 6) is 1.42. The number of carbonyl (C=O) groups is 2. The normalized spacial score (nSPS) is 18.9. The second-order valence-electron chi connectivity index (χ2n) is 9.39. The Balaban J connectivity index is 1.27. The number of amides is 3. The van der Waals surface area contributed by atoms with Gasteiger partial charge in [-0.05, 0) is 57.0 Å². The van der Waals surface area contributed by atoms with Gasteiger partial charge in [-0.3, -0.25) is 15.0 Å². The number of ether oxygens (including phenoxy) is 1. The molecule has 0 unspecified atom stereocenters. The van der Waals surface area contributed by atoms with E-state index in [0.717, 1.165) is 38.3 Å². The molecule has 6 rings (SSSR count). The molecule has 1 aromatic carbocycles. The molecule has 0 radical (unpaired) electrons. The highest BCUT2D eigenvalue weighted by atomic mass is 35.5. The van der Waals surface area contributed by atoms with Gasteiger partial charge in [0.25, 0.3) is 5.91 Å². The summed E-state index contributed by atoms with van der Waals surface area (Å²) in [6.07, 6.45) is 7.82. The predicted octanol–water partition coefficient (Wildman–Crippen LogP) is 3.36. The summed E-state index contributed by atoms with van der Waals surface area (Å²) in [6.45, 7) is 3.68. The third-order valence-corrected chi connectivity index (χ3v) is 6.93. The molecule has 37 heavy (non-hydrogen) atoms. The third-order valence-electron chi connectivity index (χ3n) is 6.54. The van der Waals surface area contributed by atoms with E-state index < -0.39 is 11.9 Å². The maximum absolute atomic E-state index is 12.0. The Kier molecular flexibility index (Phi) is 6.31. The molecule has 3 amide bonds. The number of likely N-dealkylation sites (tertiary alicyclic amines) is 1. The molecule has 4 heterocycles. The maximum Gasteiger partial charge on any atom is 0.326 e. The van der Waals surface area contributed by atoms with Gasteiger partial charge in [0.15, 0.2) is 5.65 Å². The molecular formula is C25H27ClN8O3. The Labute approximate surface area is 218 Å². The average Bonchev–Trinajstić information content (AvgIpc) is 3.22. The van der Waals surface area contributed by atoms with Crippen molar-refractivity contribution in [2.75, 3.05) is 36.9 Å². The lowest BCUT2D eigenvalue weighted by Gasteiger charge is -2.17. The standard InChI is InChI=1S/C25H27ClN8O3/c26-22-17(4-3-5-19(22)37-11-10-33-8-1-2-9-33)29-20-13-21(28-16-6-7-16)34-23(31-20)15(14-27-34)12-18-24(35)32-25(36)30-18/h3-5,12-14,16,28H,1-2,6-11H2,(H,29,31)(H2,30,32,35,36)/b18-12-. The third kappa shape index (κ3) is 5.18. The van der Waals surface area contributed by atoms with Crippen LogP contribution in [-0.4, -0.2) is 63.7 Å². The van der Waals surface area contributed by atoms with Gasteiger partial charge in [-0.15, -0.1) is 0 Å². The molecule has 192 valence electrons. The number of nitrogens with zero attached hydrogens (tertiary/aromatic N) is 4. The lowest BCUT2D eigenvalue weighted by Crippen LogP contribution is -2.25. The van der Waals surface area contributed by atoms with Gasteiger partial charge in [0.05, 0.1) is 11.9 Å². The summed E-state index contributed by atoms with van der Waals surface area (Å²) in [7, 11) is 0.